The molecule has 8 aromatic carbocycles. The standard InChI is InChI=1S/C48H33N/c49-45(34-13-5-2-6-14-34)30-39(32-11-3-1-4-12-32)33-23-21-31(22-24-33)37-27-28-42-40(29-37)38-17-7-8-18-41(38)48(42)43-19-9-15-35-25-26-36-16-10-20-44(48)47(36)46(35)43/h1-30,39H,49H2/b45-30-. The first kappa shape index (κ1) is 27.9. The van der Waals surface area contributed by atoms with Crippen molar-refractivity contribution in [3.8, 4) is 22.3 Å². The Morgan fingerprint density at radius 1 is 0.449 bits per heavy atom. The first-order valence-corrected chi connectivity index (χ1v) is 17.1. The van der Waals surface area contributed by atoms with Crippen LogP contribution in [0.2, 0.25) is 0 Å². The van der Waals surface area contributed by atoms with E-state index >= 15 is 0 Å². The fraction of sp³-hybridized carbons (Fsp3) is 0.0417. The molecule has 1 unspecified atom stereocenters. The molecule has 0 radical (unpaired) electrons. The number of allylic oxidation sites excluding steroid dienone is 1. The fourth-order valence-electron chi connectivity index (χ4n) is 8.80. The SMILES string of the molecule is N/C(=C\C(c1ccccc1)c1ccc(-c2ccc3c(c2)-c2ccccc2C32c3cccc4ccc5cccc2c5c34)cc1)c1ccccc1. The van der Waals surface area contributed by atoms with Gasteiger partial charge in [0.2, 0.25) is 0 Å². The Balaban J connectivity index is 1.10. The lowest BCUT2D eigenvalue weighted by atomic mass is 9.70. The van der Waals surface area contributed by atoms with Crippen molar-refractivity contribution in [3.63, 3.8) is 0 Å². The van der Waals surface area contributed by atoms with Crippen molar-refractivity contribution in [1.29, 1.82) is 0 Å². The molecule has 1 spiro atoms. The lowest BCUT2D eigenvalue weighted by Crippen LogP contribution is -2.26. The largest absolute Gasteiger partial charge is 0.398 e. The Hall–Kier alpha value is -6.18. The molecule has 0 aliphatic heterocycles. The van der Waals surface area contributed by atoms with Crippen LogP contribution in [0.3, 0.4) is 0 Å². The van der Waals surface area contributed by atoms with Gasteiger partial charge in [-0.25, -0.2) is 0 Å². The highest BCUT2D eigenvalue weighted by Crippen LogP contribution is 2.62. The second-order valence-electron chi connectivity index (χ2n) is 13.4. The Bertz CT molecular complexity index is 2530. The quantitative estimate of drug-likeness (QED) is 0.190. The van der Waals surface area contributed by atoms with Crippen molar-refractivity contribution in [2.75, 3.05) is 0 Å². The Morgan fingerprint density at radius 3 is 1.69 bits per heavy atom. The van der Waals surface area contributed by atoms with Crippen LogP contribution in [0.4, 0.5) is 0 Å². The van der Waals surface area contributed by atoms with Crippen LogP contribution in [0.5, 0.6) is 0 Å². The highest BCUT2D eigenvalue weighted by Gasteiger charge is 2.50. The van der Waals surface area contributed by atoms with Gasteiger partial charge in [-0.3, -0.25) is 0 Å². The number of hydrogen-bond donors (Lipinski definition) is 1. The molecule has 49 heavy (non-hydrogen) atoms. The van der Waals surface area contributed by atoms with Gasteiger partial charge in [0, 0.05) is 11.6 Å². The van der Waals surface area contributed by atoms with Crippen molar-refractivity contribution >= 4 is 27.2 Å². The summed E-state index contributed by atoms with van der Waals surface area (Å²) in [7, 11) is 0. The maximum Gasteiger partial charge on any atom is 0.0725 e. The summed E-state index contributed by atoms with van der Waals surface area (Å²) in [5, 5.41) is 5.41. The summed E-state index contributed by atoms with van der Waals surface area (Å²) >= 11 is 0. The minimum absolute atomic E-state index is 0.0385. The lowest BCUT2D eigenvalue weighted by molar-refractivity contribution is 0.797. The summed E-state index contributed by atoms with van der Waals surface area (Å²) in [6.45, 7) is 0. The van der Waals surface area contributed by atoms with Crippen molar-refractivity contribution in [2.45, 2.75) is 11.3 Å². The van der Waals surface area contributed by atoms with Crippen molar-refractivity contribution in [2.24, 2.45) is 5.73 Å². The molecule has 8 aromatic rings. The van der Waals surface area contributed by atoms with Gasteiger partial charge in [0.05, 0.1) is 5.41 Å². The third-order valence-corrected chi connectivity index (χ3v) is 11.0. The molecule has 0 fully saturated rings. The zero-order valence-corrected chi connectivity index (χ0v) is 27.0. The average molecular weight is 624 g/mol. The van der Waals surface area contributed by atoms with Gasteiger partial charge in [-0.1, -0.05) is 170 Å². The van der Waals surface area contributed by atoms with Crippen molar-refractivity contribution < 1.29 is 0 Å². The molecule has 230 valence electrons. The van der Waals surface area contributed by atoms with Crippen LogP contribution in [0.15, 0.2) is 182 Å². The van der Waals surface area contributed by atoms with E-state index < -0.39 is 0 Å². The van der Waals surface area contributed by atoms with Crippen LogP contribution in [0.1, 0.15) is 44.9 Å². The number of rotatable bonds is 5. The average Bonchev–Trinajstić information content (AvgIpc) is 3.65. The van der Waals surface area contributed by atoms with Gasteiger partial charge in [-0.15, -0.1) is 0 Å². The summed E-state index contributed by atoms with van der Waals surface area (Å²) in [6.07, 6.45) is 2.19. The Kier molecular flexibility index (Phi) is 6.07. The third kappa shape index (κ3) is 4.00. The molecule has 0 bridgehead atoms. The molecule has 1 atom stereocenters. The van der Waals surface area contributed by atoms with Crippen LogP contribution in [0, 0.1) is 0 Å². The Morgan fingerprint density at radius 2 is 1.00 bits per heavy atom. The molecular formula is C48H33N. The fourth-order valence-corrected chi connectivity index (χ4v) is 8.80. The summed E-state index contributed by atoms with van der Waals surface area (Å²) < 4.78 is 0. The monoisotopic (exact) mass is 623 g/mol. The summed E-state index contributed by atoms with van der Waals surface area (Å²) in [4.78, 5) is 0. The van der Waals surface area contributed by atoms with E-state index in [9.17, 15) is 0 Å². The molecule has 0 saturated carbocycles. The van der Waals surface area contributed by atoms with Crippen molar-refractivity contribution in [3.05, 3.63) is 221 Å². The van der Waals surface area contributed by atoms with E-state index in [1.54, 1.807) is 0 Å². The van der Waals surface area contributed by atoms with E-state index in [0.29, 0.717) is 0 Å². The molecule has 0 amide bonds. The van der Waals surface area contributed by atoms with Crippen LogP contribution in [-0.2, 0) is 5.41 Å². The third-order valence-electron chi connectivity index (χ3n) is 11.0. The van der Waals surface area contributed by atoms with E-state index in [4.69, 9.17) is 5.73 Å². The second kappa shape index (κ2) is 10.7. The molecular weight excluding hydrogens is 591 g/mol. The van der Waals surface area contributed by atoms with E-state index in [2.05, 4.69) is 164 Å². The van der Waals surface area contributed by atoms with Crippen LogP contribution >= 0.6 is 0 Å². The summed E-state index contributed by atoms with van der Waals surface area (Å²) in [5.74, 6) is 0.0385. The molecule has 2 aliphatic rings. The van der Waals surface area contributed by atoms with E-state index in [1.807, 2.05) is 18.2 Å². The van der Waals surface area contributed by atoms with Crippen molar-refractivity contribution in [1.82, 2.24) is 0 Å². The first-order chi connectivity index (χ1) is 24.2. The van der Waals surface area contributed by atoms with Gasteiger partial charge in [-0.2, -0.15) is 0 Å². The lowest BCUT2D eigenvalue weighted by Gasteiger charge is -2.30. The molecule has 1 nitrogen and oxygen atoms in total. The molecule has 0 saturated heterocycles. The molecule has 0 aromatic heterocycles. The molecule has 0 heterocycles. The minimum atomic E-state index is -0.328. The topological polar surface area (TPSA) is 26.0 Å². The molecule has 1 heteroatoms. The maximum atomic E-state index is 6.67. The minimum Gasteiger partial charge on any atom is -0.398 e. The summed E-state index contributed by atoms with van der Waals surface area (Å²) in [5.41, 5.74) is 21.2. The number of hydrogen-bond acceptors (Lipinski definition) is 1. The smallest absolute Gasteiger partial charge is 0.0725 e. The van der Waals surface area contributed by atoms with Gasteiger partial charge in [-0.05, 0) is 94.9 Å². The predicted molar refractivity (Wildman–Crippen MR) is 205 cm³/mol. The first-order valence-electron chi connectivity index (χ1n) is 17.1. The van der Waals surface area contributed by atoms with Crippen LogP contribution < -0.4 is 5.73 Å². The zero-order valence-electron chi connectivity index (χ0n) is 27.0. The van der Waals surface area contributed by atoms with E-state index in [1.165, 1.54) is 77.2 Å². The zero-order chi connectivity index (χ0) is 32.5. The molecule has 2 aliphatic carbocycles. The van der Waals surface area contributed by atoms with E-state index in [-0.39, 0.29) is 11.3 Å². The highest BCUT2D eigenvalue weighted by molar-refractivity contribution is 6.17. The van der Waals surface area contributed by atoms with Gasteiger partial charge in [0.1, 0.15) is 0 Å². The van der Waals surface area contributed by atoms with Crippen LogP contribution in [0.25, 0.3) is 49.5 Å². The molecule has 2 N–H and O–H groups in total. The summed E-state index contributed by atoms with van der Waals surface area (Å²) in [6, 6.07) is 64.4. The maximum absolute atomic E-state index is 6.67. The van der Waals surface area contributed by atoms with E-state index in [0.717, 1.165) is 11.3 Å². The van der Waals surface area contributed by atoms with Gasteiger partial charge >= 0.3 is 0 Å². The van der Waals surface area contributed by atoms with Gasteiger partial charge < -0.3 is 5.73 Å². The normalized spacial score (nSPS) is 14.4. The van der Waals surface area contributed by atoms with Crippen LogP contribution in [-0.4, -0.2) is 0 Å². The highest BCUT2D eigenvalue weighted by atomic mass is 14.6. The number of benzene rings is 8. The Labute approximate surface area is 286 Å². The number of fused-ring (bicyclic) bond motifs is 7. The number of nitrogens with two attached hydrogens (primary N) is 1. The van der Waals surface area contributed by atoms with Gasteiger partial charge in [0.15, 0.2) is 0 Å². The second-order valence-corrected chi connectivity index (χ2v) is 13.4. The van der Waals surface area contributed by atoms with Gasteiger partial charge in [0.25, 0.3) is 0 Å². The predicted octanol–water partition coefficient (Wildman–Crippen LogP) is 11.5. The molecule has 10 rings (SSSR count).